The third-order valence-corrected chi connectivity index (χ3v) is 4.75. The molecule has 0 unspecified atom stereocenters. The largest absolute Gasteiger partial charge is 0.321 e. The average Bonchev–Trinajstić information content (AvgIpc) is 3.03. The van der Waals surface area contributed by atoms with E-state index < -0.39 is 0 Å². The topological polar surface area (TPSA) is 91.5 Å². The van der Waals surface area contributed by atoms with E-state index in [4.69, 9.17) is 5.26 Å². The maximum absolute atomic E-state index is 9.11. The molecule has 7 nitrogen and oxygen atoms in total. The maximum atomic E-state index is 9.11. The number of nitrogens with zero attached hydrogens (tertiary/aromatic N) is 5. The number of hydrogen-bond acceptors (Lipinski definition) is 6. The monoisotopic (exact) mass is 345 g/mol. The molecule has 4 rings (SSSR count). The smallest absolute Gasteiger partial charge is 0.227 e. The van der Waals surface area contributed by atoms with Gasteiger partial charge >= 0.3 is 0 Å². The standard InChI is InChI=1S/C19H19N7/c1-26-11-16(10-23-26)24-18-22-9-6-17(25-18)14-2-4-15(5-3-14)19(7-8-20)12-21-13-19/h2-6,9-11,21H,7,12-13H2,1H3,(H,22,24,25). The summed E-state index contributed by atoms with van der Waals surface area (Å²) in [4.78, 5) is 8.86. The van der Waals surface area contributed by atoms with Crippen LogP contribution in [0.4, 0.5) is 11.6 Å². The summed E-state index contributed by atoms with van der Waals surface area (Å²) in [5.41, 5.74) is 3.86. The number of anilines is 2. The number of nitriles is 1. The molecule has 7 heteroatoms. The molecule has 3 heterocycles. The molecule has 0 aliphatic carbocycles. The van der Waals surface area contributed by atoms with E-state index in [1.54, 1.807) is 17.1 Å². The average molecular weight is 345 g/mol. The fourth-order valence-electron chi connectivity index (χ4n) is 3.20. The van der Waals surface area contributed by atoms with Crippen molar-refractivity contribution in [2.75, 3.05) is 18.4 Å². The normalized spacial score (nSPS) is 15.1. The Hall–Kier alpha value is -3.24. The molecule has 0 radical (unpaired) electrons. The summed E-state index contributed by atoms with van der Waals surface area (Å²) in [6.45, 7) is 1.71. The van der Waals surface area contributed by atoms with Gasteiger partial charge in [-0.3, -0.25) is 4.68 Å². The molecule has 0 atom stereocenters. The number of aromatic nitrogens is 4. The van der Waals surface area contributed by atoms with Gasteiger partial charge in [0.05, 0.1) is 23.6 Å². The van der Waals surface area contributed by atoms with Gasteiger partial charge in [0.1, 0.15) is 0 Å². The van der Waals surface area contributed by atoms with Gasteiger partial charge in [-0.25, -0.2) is 9.97 Å². The fourth-order valence-corrected chi connectivity index (χ4v) is 3.20. The van der Waals surface area contributed by atoms with Gasteiger partial charge < -0.3 is 10.6 Å². The van der Waals surface area contributed by atoms with Crippen LogP contribution >= 0.6 is 0 Å². The van der Waals surface area contributed by atoms with E-state index >= 15 is 0 Å². The Balaban J connectivity index is 1.56. The van der Waals surface area contributed by atoms with E-state index in [1.165, 1.54) is 5.56 Å². The van der Waals surface area contributed by atoms with Gasteiger partial charge in [0.2, 0.25) is 5.95 Å². The van der Waals surface area contributed by atoms with Gasteiger partial charge in [0.15, 0.2) is 0 Å². The minimum atomic E-state index is -0.0496. The molecule has 1 aliphatic rings. The van der Waals surface area contributed by atoms with E-state index in [9.17, 15) is 0 Å². The minimum Gasteiger partial charge on any atom is -0.321 e. The zero-order valence-electron chi connectivity index (χ0n) is 14.5. The highest BCUT2D eigenvalue weighted by molar-refractivity contribution is 5.62. The van der Waals surface area contributed by atoms with Crippen molar-refractivity contribution in [3.63, 3.8) is 0 Å². The van der Waals surface area contributed by atoms with E-state index in [0.29, 0.717) is 12.4 Å². The third-order valence-electron chi connectivity index (χ3n) is 4.75. The molecule has 3 aromatic rings. The molecule has 0 amide bonds. The molecule has 2 N–H and O–H groups in total. The number of rotatable bonds is 5. The van der Waals surface area contributed by atoms with Crippen molar-refractivity contribution in [1.29, 1.82) is 5.26 Å². The van der Waals surface area contributed by atoms with Gasteiger partial charge in [-0.1, -0.05) is 24.3 Å². The van der Waals surface area contributed by atoms with Crippen molar-refractivity contribution in [3.8, 4) is 17.3 Å². The van der Waals surface area contributed by atoms with Crippen LogP contribution in [-0.4, -0.2) is 32.8 Å². The highest BCUT2D eigenvalue weighted by Crippen LogP contribution is 2.33. The Kier molecular flexibility index (Phi) is 4.11. The van der Waals surface area contributed by atoms with Crippen LogP contribution in [0.3, 0.4) is 0 Å². The van der Waals surface area contributed by atoms with Crippen LogP contribution < -0.4 is 10.6 Å². The summed E-state index contributed by atoms with van der Waals surface area (Å²) in [7, 11) is 1.86. The van der Waals surface area contributed by atoms with Crippen molar-refractivity contribution in [2.45, 2.75) is 11.8 Å². The SMILES string of the molecule is Cn1cc(Nc2nccc(-c3ccc(C4(CC#N)CNC4)cc3)n2)cn1. The number of nitrogens with one attached hydrogen (secondary N) is 2. The summed E-state index contributed by atoms with van der Waals surface area (Å²) >= 11 is 0. The fraction of sp³-hybridized carbons (Fsp3) is 0.263. The van der Waals surface area contributed by atoms with Crippen LogP contribution in [0.5, 0.6) is 0 Å². The molecule has 1 saturated heterocycles. The number of aryl methyl sites for hydroxylation is 1. The van der Waals surface area contributed by atoms with Crippen molar-refractivity contribution in [2.24, 2.45) is 7.05 Å². The van der Waals surface area contributed by atoms with E-state index in [-0.39, 0.29) is 5.41 Å². The molecular weight excluding hydrogens is 326 g/mol. The Morgan fingerprint density at radius 1 is 1.27 bits per heavy atom. The Labute approximate surface area is 151 Å². The Morgan fingerprint density at radius 3 is 2.69 bits per heavy atom. The highest BCUT2D eigenvalue weighted by Gasteiger charge is 2.38. The zero-order chi connectivity index (χ0) is 18.0. The first-order valence-corrected chi connectivity index (χ1v) is 8.46. The molecule has 0 saturated carbocycles. The van der Waals surface area contributed by atoms with E-state index in [1.807, 2.05) is 19.3 Å². The molecule has 0 spiro atoms. The summed E-state index contributed by atoms with van der Waals surface area (Å²) < 4.78 is 1.72. The molecule has 0 bridgehead atoms. The number of benzene rings is 1. The minimum absolute atomic E-state index is 0.0496. The van der Waals surface area contributed by atoms with Crippen LogP contribution in [0.15, 0.2) is 48.9 Å². The van der Waals surface area contributed by atoms with Gasteiger partial charge in [-0.05, 0) is 11.6 Å². The lowest BCUT2D eigenvalue weighted by atomic mass is 9.73. The molecule has 26 heavy (non-hydrogen) atoms. The molecule has 2 aromatic heterocycles. The van der Waals surface area contributed by atoms with Gasteiger partial charge in [0, 0.05) is 49.9 Å². The quantitative estimate of drug-likeness (QED) is 0.738. The summed E-state index contributed by atoms with van der Waals surface area (Å²) in [6.07, 6.45) is 5.87. The second-order valence-corrected chi connectivity index (χ2v) is 6.59. The van der Waals surface area contributed by atoms with E-state index in [0.717, 1.165) is 30.0 Å². The van der Waals surface area contributed by atoms with E-state index in [2.05, 4.69) is 56.0 Å². The lowest BCUT2D eigenvalue weighted by Gasteiger charge is -2.41. The van der Waals surface area contributed by atoms with Crippen LogP contribution in [0, 0.1) is 11.3 Å². The highest BCUT2D eigenvalue weighted by atomic mass is 15.3. The van der Waals surface area contributed by atoms with Gasteiger partial charge in [-0.15, -0.1) is 0 Å². The predicted octanol–water partition coefficient (Wildman–Crippen LogP) is 2.38. The van der Waals surface area contributed by atoms with Crippen LogP contribution in [0.2, 0.25) is 0 Å². The third kappa shape index (κ3) is 3.03. The number of hydrogen-bond donors (Lipinski definition) is 2. The molecule has 1 aliphatic heterocycles. The Morgan fingerprint density at radius 2 is 2.08 bits per heavy atom. The predicted molar refractivity (Wildman–Crippen MR) is 98.7 cm³/mol. The van der Waals surface area contributed by atoms with Crippen LogP contribution in [0.25, 0.3) is 11.3 Å². The van der Waals surface area contributed by atoms with Crippen molar-refractivity contribution in [3.05, 3.63) is 54.5 Å². The van der Waals surface area contributed by atoms with Gasteiger partial charge in [-0.2, -0.15) is 10.4 Å². The second kappa shape index (κ2) is 6.58. The molecule has 1 aromatic carbocycles. The lowest BCUT2D eigenvalue weighted by Crippen LogP contribution is -2.56. The van der Waals surface area contributed by atoms with Crippen molar-refractivity contribution >= 4 is 11.6 Å². The first-order chi connectivity index (χ1) is 12.7. The van der Waals surface area contributed by atoms with Crippen LogP contribution in [0.1, 0.15) is 12.0 Å². The molecule has 1 fully saturated rings. The summed E-state index contributed by atoms with van der Waals surface area (Å²) in [5.74, 6) is 0.531. The summed E-state index contributed by atoms with van der Waals surface area (Å²) in [5, 5.41) is 19.7. The first-order valence-electron chi connectivity index (χ1n) is 8.46. The van der Waals surface area contributed by atoms with Gasteiger partial charge in [0.25, 0.3) is 0 Å². The van der Waals surface area contributed by atoms with Crippen molar-refractivity contribution < 1.29 is 0 Å². The van der Waals surface area contributed by atoms with Crippen molar-refractivity contribution in [1.82, 2.24) is 25.1 Å². The zero-order valence-corrected chi connectivity index (χ0v) is 14.5. The summed E-state index contributed by atoms with van der Waals surface area (Å²) in [6, 6.07) is 12.5. The Bertz CT molecular complexity index is 949. The first kappa shape index (κ1) is 16.2. The lowest BCUT2D eigenvalue weighted by molar-refractivity contribution is 0.282. The maximum Gasteiger partial charge on any atom is 0.227 e. The molecular formula is C19H19N7. The second-order valence-electron chi connectivity index (χ2n) is 6.59. The van der Waals surface area contributed by atoms with Crippen LogP contribution in [-0.2, 0) is 12.5 Å². The molecule has 130 valence electrons.